The summed E-state index contributed by atoms with van der Waals surface area (Å²) in [4.78, 5) is 10.9. The minimum Gasteiger partial charge on any atom is -0.478 e. The first kappa shape index (κ1) is 23.5. The van der Waals surface area contributed by atoms with Crippen molar-refractivity contribution in [1.29, 1.82) is 0 Å². The molecule has 0 radical (unpaired) electrons. The van der Waals surface area contributed by atoms with E-state index < -0.39 is 5.97 Å². The van der Waals surface area contributed by atoms with Gasteiger partial charge in [-0.15, -0.1) is 0 Å². The lowest BCUT2D eigenvalue weighted by atomic mass is 9.85. The summed E-state index contributed by atoms with van der Waals surface area (Å²) in [6, 6.07) is 18.3. The number of H-pyrrole nitrogens is 1. The molecule has 3 aromatic carbocycles. The Balaban J connectivity index is 1.97. The predicted molar refractivity (Wildman–Crippen MR) is 136 cm³/mol. The van der Waals surface area contributed by atoms with Crippen LogP contribution in [0.1, 0.15) is 42.5 Å². The maximum absolute atomic E-state index is 13.9. The highest BCUT2D eigenvalue weighted by atomic mass is 35.5. The first-order valence-electron chi connectivity index (χ1n) is 11.0. The van der Waals surface area contributed by atoms with Crippen LogP contribution in [0.15, 0.2) is 72.9 Å². The second-order valence-electron chi connectivity index (χ2n) is 8.54. The topological polar surface area (TPSA) is 66.0 Å². The Morgan fingerprint density at radius 1 is 1.09 bits per heavy atom. The molecule has 0 bridgehead atoms. The van der Waals surface area contributed by atoms with E-state index in [0.29, 0.717) is 10.9 Å². The van der Waals surface area contributed by atoms with Crippen LogP contribution in [0.5, 0.6) is 0 Å². The van der Waals surface area contributed by atoms with Gasteiger partial charge < -0.3 is 5.11 Å². The Morgan fingerprint density at radius 3 is 2.50 bits per heavy atom. The number of hydrogen-bond acceptors (Lipinski definition) is 2. The van der Waals surface area contributed by atoms with Gasteiger partial charge >= 0.3 is 5.97 Å². The molecule has 0 aliphatic rings. The lowest BCUT2D eigenvalue weighted by Gasteiger charge is -2.20. The number of carbonyl (C=O) groups is 1. The molecule has 0 amide bonds. The van der Waals surface area contributed by atoms with E-state index in [-0.39, 0.29) is 5.82 Å². The van der Waals surface area contributed by atoms with Crippen molar-refractivity contribution in [3.05, 3.63) is 106 Å². The van der Waals surface area contributed by atoms with Crippen molar-refractivity contribution >= 4 is 45.7 Å². The molecule has 0 aliphatic heterocycles. The zero-order valence-corrected chi connectivity index (χ0v) is 19.6. The number of hydrogen-bond donors (Lipinski definition) is 2. The third-order valence-electron chi connectivity index (χ3n) is 5.52. The Labute approximate surface area is 202 Å². The zero-order valence-electron chi connectivity index (χ0n) is 18.8. The summed E-state index contributed by atoms with van der Waals surface area (Å²) in [5.41, 5.74) is 6.43. The van der Waals surface area contributed by atoms with Crippen molar-refractivity contribution in [1.82, 2.24) is 10.2 Å². The Hall–Kier alpha value is -3.70. The third-order valence-corrected chi connectivity index (χ3v) is 5.83. The predicted octanol–water partition coefficient (Wildman–Crippen LogP) is 7.46. The molecule has 4 nitrogen and oxygen atoms in total. The van der Waals surface area contributed by atoms with Crippen LogP contribution in [0.2, 0.25) is 5.02 Å². The largest absolute Gasteiger partial charge is 0.478 e. The van der Waals surface area contributed by atoms with Crippen molar-refractivity contribution in [2.24, 2.45) is 5.92 Å². The highest BCUT2D eigenvalue weighted by Gasteiger charge is 2.18. The molecule has 0 saturated heterocycles. The van der Waals surface area contributed by atoms with Gasteiger partial charge in [0.1, 0.15) is 5.82 Å². The quantitative estimate of drug-likeness (QED) is 0.216. The van der Waals surface area contributed by atoms with Crippen LogP contribution in [0, 0.1) is 11.7 Å². The van der Waals surface area contributed by atoms with Crippen molar-refractivity contribution in [2.75, 3.05) is 0 Å². The van der Waals surface area contributed by atoms with E-state index >= 15 is 0 Å². The van der Waals surface area contributed by atoms with Crippen LogP contribution in [-0.4, -0.2) is 21.3 Å². The second-order valence-corrected chi connectivity index (χ2v) is 8.95. The van der Waals surface area contributed by atoms with E-state index in [0.717, 1.165) is 56.8 Å². The number of benzene rings is 3. The van der Waals surface area contributed by atoms with Gasteiger partial charge in [0.2, 0.25) is 0 Å². The molecule has 6 heteroatoms. The molecule has 1 aromatic heterocycles. The fraction of sp³-hybridized carbons (Fsp3) is 0.143. The number of aliphatic carboxylic acids is 1. The molecule has 1 heterocycles. The smallest absolute Gasteiger partial charge is 0.328 e. The summed E-state index contributed by atoms with van der Waals surface area (Å²) in [7, 11) is 0. The number of nitrogens with zero attached hydrogens (tertiary/aromatic N) is 1. The van der Waals surface area contributed by atoms with Crippen LogP contribution in [0.3, 0.4) is 0 Å². The number of carboxylic acids is 1. The van der Waals surface area contributed by atoms with E-state index in [1.165, 1.54) is 12.1 Å². The number of rotatable bonds is 7. The van der Waals surface area contributed by atoms with Crippen LogP contribution in [-0.2, 0) is 4.79 Å². The molecular weight excluding hydrogens is 451 g/mol. The first-order chi connectivity index (χ1) is 16.3. The molecule has 4 rings (SSSR count). The molecule has 34 heavy (non-hydrogen) atoms. The highest BCUT2D eigenvalue weighted by molar-refractivity contribution is 6.32. The Kier molecular flexibility index (Phi) is 6.94. The molecule has 0 saturated carbocycles. The molecule has 4 aromatic rings. The average Bonchev–Trinajstić information content (AvgIpc) is 3.26. The van der Waals surface area contributed by atoms with Crippen LogP contribution < -0.4 is 0 Å². The van der Waals surface area contributed by atoms with Gasteiger partial charge in [0.25, 0.3) is 0 Å². The monoisotopic (exact) mass is 474 g/mol. The minimum atomic E-state index is -0.997. The van der Waals surface area contributed by atoms with Crippen molar-refractivity contribution in [2.45, 2.75) is 20.3 Å². The number of allylic oxidation sites excluding steroid dienone is 1. The SMILES string of the molecule is CC(C)C/C(=C(/c1ccc(/C=C/C(=O)O)cc1)c1ccc2[nH]ncc2c1)c1ccc(F)cc1Cl. The van der Waals surface area contributed by atoms with E-state index in [4.69, 9.17) is 16.7 Å². The van der Waals surface area contributed by atoms with Gasteiger partial charge in [0, 0.05) is 11.5 Å². The van der Waals surface area contributed by atoms with E-state index in [9.17, 15) is 9.18 Å². The maximum atomic E-state index is 13.9. The van der Waals surface area contributed by atoms with Gasteiger partial charge in [-0.25, -0.2) is 9.18 Å². The molecule has 0 atom stereocenters. The maximum Gasteiger partial charge on any atom is 0.328 e. The van der Waals surface area contributed by atoms with E-state index in [2.05, 4.69) is 30.1 Å². The number of aromatic nitrogens is 2. The van der Waals surface area contributed by atoms with Crippen LogP contribution in [0.25, 0.3) is 28.1 Å². The number of halogens is 2. The van der Waals surface area contributed by atoms with Crippen molar-refractivity contribution < 1.29 is 14.3 Å². The normalized spacial score (nSPS) is 12.5. The summed E-state index contributed by atoms with van der Waals surface area (Å²) in [5.74, 6) is -1.06. The van der Waals surface area contributed by atoms with Crippen molar-refractivity contribution in [3.8, 4) is 0 Å². The minimum absolute atomic E-state index is 0.321. The molecule has 2 N–H and O–H groups in total. The summed E-state index contributed by atoms with van der Waals surface area (Å²) in [6.07, 6.45) is 5.17. The molecule has 0 aliphatic carbocycles. The van der Waals surface area contributed by atoms with E-state index in [1.54, 1.807) is 18.3 Å². The fourth-order valence-corrected chi connectivity index (χ4v) is 4.31. The lowest BCUT2D eigenvalue weighted by molar-refractivity contribution is -0.131. The Morgan fingerprint density at radius 2 is 1.82 bits per heavy atom. The van der Waals surface area contributed by atoms with Gasteiger partial charge in [-0.05, 0) is 76.1 Å². The highest BCUT2D eigenvalue weighted by Crippen LogP contribution is 2.39. The molecular formula is C28H24ClFN2O2. The lowest BCUT2D eigenvalue weighted by Crippen LogP contribution is -2.00. The third kappa shape index (κ3) is 5.26. The van der Waals surface area contributed by atoms with Gasteiger partial charge in [-0.1, -0.05) is 61.8 Å². The van der Waals surface area contributed by atoms with Gasteiger partial charge in [-0.2, -0.15) is 5.10 Å². The fourth-order valence-electron chi connectivity index (χ4n) is 4.03. The number of carboxylic acid groups (broad SMARTS) is 1. The molecule has 0 unspecified atom stereocenters. The summed E-state index contributed by atoms with van der Waals surface area (Å²) >= 11 is 6.55. The summed E-state index contributed by atoms with van der Waals surface area (Å²) < 4.78 is 13.9. The van der Waals surface area contributed by atoms with E-state index in [1.807, 2.05) is 36.4 Å². The summed E-state index contributed by atoms with van der Waals surface area (Å²) in [6.45, 7) is 4.27. The first-order valence-corrected chi connectivity index (χ1v) is 11.3. The number of fused-ring (bicyclic) bond motifs is 1. The standard InChI is InChI=1S/C28H24ClFN2O2/c1-17(2)13-24(23-10-9-22(30)15-25(23)29)28(20-8-11-26-21(14-20)16-31-32-26)19-6-3-18(4-7-19)5-12-27(33)34/h3-12,14-17H,13H2,1-2H3,(H,31,32)(H,33,34)/b12-5+,28-24+. The average molecular weight is 475 g/mol. The molecule has 0 spiro atoms. The summed E-state index contributed by atoms with van der Waals surface area (Å²) in [5, 5.41) is 17.4. The van der Waals surface area contributed by atoms with Crippen LogP contribution >= 0.6 is 11.6 Å². The Bertz CT molecular complexity index is 1400. The molecule has 0 fully saturated rings. The van der Waals surface area contributed by atoms with Crippen molar-refractivity contribution in [3.63, 3.8) is 0 Å². The number of aromatic amines is 1. The number of nitrogens with one attached hydrogen (secondary N) is 1. The van der Waals surface area contributed by atoms with Gasteiger partial charge in [-0.3, -0.25) is 5.10 Å². The van der Waals surface area contributed by atoms with Gasteiger partial charge in [0.15, 0.2) is 0 Å². The van der Waals surface area contributed by atoms with Crippen LogP contribution in [0.4, 0.5) is 4.39 Å². The zero-order chi connectivity index (χ0) is 24.2. The second kappa shape index (κ2) is 10.1. The van der Waals surface area contributed by atoms with Gasteiger partial charge in [0.05, 0.1) is 16.7 Å². The molecule has 172 valence electrons.